The van der Waals surface area contributed by atoms with E-state index in [9.17, 15) is 9.59 Å². The van der Waals surface area contributed by atoms with E-state index >= 15 is 0 Å². The molecule has 2 amide bonds. The van der Waals surface area contributed by atoms with Gasteiger partial charge in [-0.05, 0) is 55.7 Å². The van der Waals surface area contributed by atoms with Crippen molar-refractivity contribution >= 4 is 23.2 Å². The highest BCUT2D eigenvalue weighted by molar-refractivity contribution is 5.97. The molecule has 5 heteroatoms. The van der Waals surface area contributed by atoms with Crippen LogP contribution in [0.1, 0.15) is 32.3 Å². The fraction of sp³-hybridized carbons (Fsp3) is 0.364. The summed E-state index contributed by atoms with van der Waals surface area (Å²) in [4.78, 5) is 28.4. The average Bonchev–Trinajstić information content (AvgIpc) is 2.68. The highest BCUT2D eigenvalue weighted by Crippen LogP contribution is 2.27. The van der Waals surface area contributed by atoms with Crippen LogP contribution >= 0.6 is 0 Å². The van der Waals surface area contributed by atoms with Gasteiger partial charge in [-0.15, -0.1) is 0 Å². The first-order valence-electron chi connectivity index (χ1n) is 9.49. The standard InChI is InChI=1S/C22H26N2O3/c1-3-27-20-12-10-19(11-13-20)23(17(2)25)16-14-22(26)24-15-6-8-18-7-4-5-9-21(18)24/h4-5,7,9-13H,3,6,8,14-16H2,1-2H3. The maximum Gasteiger partial charge on any atom is 0.228 e. The molecule has 0 fully saturated rings. The Morgan fingerprint density at radius 1 is 1.11 bits per heavy atom. The van der Waals surface area contributed by atoms with Crippen molar-refractivity contribution in [1.29, 1.82) is 0 Å². The van der Waals surface area contributed by atoms with Crippen molar-refractivity contribution in [2.45, 2.75) is 33.1 Å². The van der Waals surface area contributed by atoms with Gasteiger partial charge in [0, 0.05) is 37.8 Å². The molecule has 0 N–H and O–H groups in total. The SMILES string of the molecule is CCOc1ccc(N(CCC(=O)N2CCCc3ccccc32)C(C)=O)cc1. The number of nitrogens with zero attached hydrogens (tertiary/aromatic N) is 2. The van der Waals surface area contributed by atoms with Crippen LogP contribution in [0.3, 0.4) is 0 Å². The maximum absolute atomic E-state index is 12.8. The van der Waals surface area contributed by atoms with Gasteiger partial charge in [-0.25, -0.2) is 0 Å². The predicted octanol–water partition coefficient (Wildman–Crippen LogP) is 3.81. The van der Waals surface area contributed by atoms with Gasteiger partial charge in [-0.3, -0.25) is 9.59 Å². The second kappa shape index (κ2) is 8.71. The molecule has 27 heavy (non-hydrogen) atoms. The summed E-state index contributed by atoms with van der Waals surface area (Å²) >= 11 is 0. The molecule has 0 bridgehead atoms. The van der Waals surface area contributed by atoms with Crippen LogP contribution in [0.5, 0.6) is 5.75 Å². The van der Waals surface area contributed by atoms with Gasteiger partial charge in [-0.1, -0.05) is 18.2 Å². The van der Waals surface area contributed by atoms with Gasteiger partial charge in [0.25, 0.3) is 0 Å². The first kappa shape index (κ1) is 19.0. The summed E-state index contributed by atoms with van der Waals surface area (Å²) in [5.74, 6) is 0.746. The Balaban J connectivity index is 1.68. The van der Waals surface area contributed by atoms with E-state index in [1.165, 1.54) is 12.5 Å². The predicted molar refractivity (Wildman–Crippen MR) is 107 cm³/mol. The highest BCUT2D eigenvalue weighted by Gasteiger charge is 2.23. The molecule has 1 aliphatic heterocycles. The molecule has 0 spiro atoms. The van der Waals surface area contributed by atoms with Crippen LogP contribution < -0.4 is 14.5 Å². The molecular weight excluding hydrogens is 340 g/mol. The van der Waals surface area contributed by atoms with Crippen LogP contribution in [-0.4, -0.2) is 31.5 Å². The van der Waals surface area contributed by atoms with Crippen molar-refractivity contribution in [3.8, 4) is 5.75 Å². The number of amides is 2. The van der Waals surface area contributed by atoms with Crippen molar-refractivity contribution in [3.63, 3.8) is 0 Å². The molecule has 2 aromatic rings. The van der Waals surface area contributed by atoms with Crippen LogP contribution in [0, 0.1) is 0 Å². The normalized spacial score (nSPS) is 13.0. The molecule has 5 nitrogen and oxygen atoms in total. The molecule has 0 aromatic heterocycles. The first-order valence-corrected chi connectivity index (χ1v) is 9.49. The zero-order valence-corrected chi connectivity index (χ0v) is 16.0. The fourth-order valence-corrected chi connectivity index (χ4v) is 3.49. The largest absolute Gasteiger partial charge is 0.494 e. The smallest absolute Gasteiger partial charge is 0.228 e. The molecule has 2 aromatic carbocycles. The first-order chi connectivity index (χ1) is 13.1. The number of carbonyl (C=O) groups is 2. The molecule has 0 radical (unpaired) electrons. The summed E-state index contributed by atoms with van der Waals surface area (Å²) in [6, 6.07) is 15.5. The van der Waals surface area contributed by atoms with Crippen LogP contribution in [0.25, 0.3) is 0 Å². The molecule has 3 rings (SSSR count). The summed E-state index contributed by atoms with van der Waals surface area (Å²) < 4.78 is 5.45. The van der Waals surface area contributed by atoms with E-state index in [0.29, 0.717) is 19.6 Å². The molecule has 1 heterocycles. The van der Waals surface area contributed by atoms with Gasteiger partial charge in [0.05, 0.1) is 6.61 Å². The van der Waals surface area contributed by atoms with Crippen LogP contribution in [0.4, 0.5) is 11.4 Å². The number of benzene rings is 2. The van der Waals surface area contributed by atoms with Gasteiger partial charge < -0.3 is 14.5 Å². The Kier molecular flexibility index (Phi) is 6.12. The lowest BCUT2D eigenvalue weighted by Crippen LogP contribution is -2.38. The van der Waals surface area contributed by atoms with Crippen molar-refractivity contribution < 1.29 is 14.3 Å². The molecule has 142 valence electrons. The van der Waals surface area contributed by atoms with Gasteiger partial charge in [0.1, 0.15) is 5.75 Å². The minimum absolute atomic E-state index is 0.0549. The lowest BCUT2D eigenvalue weighted by Gasteiger charge is -2.30. The van der Waals surface area contributed by atoms with Crippen LogP contribution in [0.15, 0.2) is 48.5 Å². The van der Waals surface area contributed by atoms with Crippen molar-refractivity contribution in [1.82, 2.24) is 0 Å². The van der Waals surface area contributed by atoms with Crippen LogP contribution in [0.2, 0.25) is 0 Å². The molecular formula is C22H26N2O3. The number of fused-ring (bicyclic) bond motifs is 1. The van der Waals surface area contributed by atoms with E-state index in [2.05, 4.69) is 6.07 Å². The molecule has 0 atom stereocenters. The third kappa shape index (κ3) is 4.48. The number of aryl methyl sites for hydroxylation is 1. The number of carbonyl (C=O) groups excluding carboxylic acids is 2. The molecule has 0 saturated heterocycles. The van der Waals surface area contributed by atoms with E-state index in [1.54, 1.807) is 4.90 Å². The molecule has 1 aliphatic rings. The number of hydrogen-bond donors (Lipinski definition) is 0. The van der Waals surface area contributed by atoms with E-state index in [4.69, 9.17) is 4.74 Å². The molecule has 0 saturated carbocycles. The lowest BCUT2D eigenvalue weighted by atomic mass is 10.0. The van der Waals surface area contributed by atoms with Crippen molar-refractivity contribution in [2.24, 2.45) is 0 Å². The number of anilines is 2. The van der Waals surface area contributed by atoms with Crippen molar-refractivity contribution in [2.75, 3.05) is 29.5 Å². The molecule has 0 aliphatic carbocycles. The Morgan fingerprint density at radius 2 is 1.85 bits per heavy atom. The van der Waals surface area contributed by atoms with E-state index in [0.717, 1.165) is 36.5 Å². The maximum atomic E-state index is 12.8. The minimum atomic E-state index is -0.0778. The van der Waals surface area contributed by atoms with E-state index < -0.39 is 0 Å². The highest BCUT2D eigenvalue weighted by atomic mass is 16.5. The number of hydrogen-bond acceptors (Lipinski definition) is 3. The third-order valence-electron chi connectivity index (χ3n) is 4.80. The Bertz CT molecular complexity index is 801. The quantitative estimate of drug-likeness (QED) is 0.781. The van der Waals surface area contributed by atoms with Gasteiger partial charge in [0.2, 0.25) is 11.8 Å². The summed E-state index contributed by atoms with van der Waals surface area (Å²) in [7, 11) is 0. The summed E-state index contributed by atoms with van der Waals surface area (Å²) in [5, 5.41) is 0. The van der Waals surface area contributed by atoms with E-state index in [-0.39, 0.29) is 11.8 Å². The minimum Gasteiger partial charge on any atom is -0.494 e. The Morgan fingerprint density at radius 3 is 2.56 bits per heavy atom. The molecule has 0 unspecified atom stereocenters. The van der Waals surface area contributed by atoms with Gasteiger partial charge >= 0.3 is 0 Å². The monoisotopic (exact) mass is 366 g/mol. The summed E-state index contributed by atoms with van der Waals surface area (Å²) in [6.07, 6.45) is 2.27. The number of rotatable bonds is 6. The lowest BCUT2D eigenvalue weighted by molar-refractivity contribution is -0.118. The second-order valence-electron chi connectivity index (χ2n) is 6.63. The zero-order chi connectivity index (χ0) is 19.2. The van der Waals surface area contributed by atoms with Gasteiger partial charge in [-0.2, -0.15) is 0 Å². The Labute approximate surface area is 160 Å². The second-order valence-corrected chi connectivity index (χ2v) is 6.63. The number of ether oxygens (including phenoxy) is 1. The van der Waals surface area contributed by atoms with Crippen molar-refractivity contribution in [3.05, 3.63) is 54.1 Å². The summed E-state index contributed by atoms with van der Waals surface area (Å²) in [5.41, 5.74) is 2.99. The van der Waals surface area contributed by atoms with Gasteiger partial charge in [0.15, 0.2) is 0 Å². The number of para-hydroxylation sites is 1. The van der Waals surface area contributed by atoms with Crippen LogP contribution in [-0.2, 0) is 16.0 Å². The topological polar surface area (TPSA) is 49.9 Å². The Hall–Kier alpha value is -2.82. The zero-order valence-electron chi connectivity index (χ0n) is 16.0. The van der Waals surface area contributed by atoms with E-state index in [1.807, 2.05) is 54.3 Å². The fourth-order valence-electron chi connectivity index (χ4n) is 3.49. The average molecular weight is 366 g/mol. The summed E-state index contributed by atoms with van der Waals surface area (Å²) in [6.45, 7) is 5.15. The third-order valence-corrected chi connectivity index (χ3v) is 4.80.